The molecule has 2 saturated heterocycles. The molecule has 2 aromatic heterocycles. The predicted octanol–water partition coefficient (Wildman–Crippen LogP) is 1.83. The molecule has 1 aliphatic carbocycles. The number of morpholine rings is 1. The highest BCUT2D eigenvalue weighted by molar-refractivity contribution is 7.19. The molecular formula is C20H29N4OS+. The van der Waals surface area contributed by atoms with Crippen molar-refractivity contribution in [2.45, 2.75) is 45.6 Å². The standard InChI is InChI=1S/C20H28N4OS/c1-14-4-3-7-24(12-14)19-18-15-5-2-6-16(15)26-20(18)22-17(21-19)13-23-8-10-25-11-9-23/h14H,2-13H2,1H3/p+1/t14-/m1/s1. The number of ether oxygens (including phenoxy) is 1. The van der Waals surface area contributed by atoms with E-state index in [2.05, 4.69) is 11.8 Å². The Bertz CT molecular complexity index is 799. The van der Waals surface area contributed by atoms with Crippen molar-refractivity contribution in [2.24, 2.45) is 5.92 Å². The molecule has 1 atom stereocenters. The van der Waals surface area contributed by atoms with Gasteiger partial charge in [0.25, 0.3) is 0 Å². The third-order valence-corrected chi connectivity index (χ3v) is 7.34. The van der Waals surface area contributed by atoms with Gasteiger partial charge in [-0.15, -0.1) is 11.3 Å². The molecule has 0 spiro atoms. The number of hydrogen-bond acceptors (Lipinski definition) is 5. The summed E-state index contributed by atoms with van der Waals surface area (Å²) in [6, 6.07) is 0. The molecule has 140 valence electrons. The molecule has 1 N–H and O–H groups in total. The Morgan fingerprint density at radius 2 is 2.08 bits per heavy atom. The van der Waals surface area contributed by atoms with Crippen LogP contribution in [0.15, 0.2) is 0 Å². The van der Waals surface area contributed by atoms with Gasteiger partial charge in [-0.2, -0.15) is 0 Å². The summed E-state index contributed by atoms with van der Waals surface area (Å²) in [7, 11) is 0. The zero-order valence-corrected chi connectivity index (χ0v) is 16.5. The highest BCUT2D eigenvalue weighted by atomic mass is 32.1. The molecule has 0 bridgehead atoms. The summed E-state index contributed by atoms with van der Waals surface area (Å²) in [6.45, 7) is 9.45. The first-order valence-electron chi connectivity index (χ1n) is 10.3. The van der Waals surface area contributed by atoms with Crippen LogP contribution >= 0.6 is 11.3 Å². The molecule has 2 aliphatic heterocycles. The van der Waals surface area contributed by atoms with Gasteiger partial charge in [-0.05, 0) is 43.6 Å². The lowest BCUT2D eigenvalue weighted by atomic mass is 10.00. The monoisotopic (exact) mass is 373 g/mol. The van der Waals surface area contributed by atoms with E-state index in [9.17, 15) is 0 Å². The third-order valence-electron chi connectivity index (χ3n) is 6.16. The topological polar surface area (TPSA) is 42.7 Å². The predicted molar refractivity (Wildman–Crippen MR) is 105 cm³/mol. The second kappa shape index (κ2) is 7.06. The van der Waals surface area contributed by atoms with Gasteiger partial charge >= 0.3 is 0 Å². The first kappa shape index (κ1) is 16.9. The van der Waals surface area contributed by atoms with Gasteiger partial charge < -0.3 is 14.5 Å². The number of aromatic nitrogens is 2. The number of anilines is 1. The average Bonchev–Trinajstić information content (AvgIpc) is 3.23. The van der Waals surface area contributed by atoms with Crippen LogP contribution < -0.4 is 9.80 Å². The number of nitrogens with zero attached hydrogens (tertiary/aromatic N) is 3. The van der Waals surface area contributed by atoms with Crippen LogP contribution in [0.25, 0.3) is 10.2 Å². The van der Waals surface area contributed by atoms with Gasteiger partial charge in [0.1, 0.15) is 30.3 Å². The number of quaternary nitrogens is 1. The highest BCUT2D eigenvalue weighted by Gasteiger charge is 2.27. The van der Waals surface area contributed by atoms with Gasteiger partial charge in [-0.3, -0.25) is 0 Å². The molecule has 0 saturated carbocycles. The molecule has 3 aliphatic rings. The van der Waals surface area contributed by atoms with Crippen LogP contribution in [0.2, 0.25) is 0 Å². The van der Waals surface area contributed by atoms with Crippen molar-refractivity contribution in [3.05, 3.63) is 16.3 Å². The molecule has 0 unspecified atom stereocenters. The van der Waals surface area contributed by atoms with E-state index in [0.29, 0.717) is 0 Å². The van der Waals surface area contributed by atoms with Gasteiger partial charge in [0.2, 0.25) is 0 Å². The van der Waals surface area contributed by atoms with Crippen LogP contribution in [0, 0.1) is 5.92 Å². The molecule has 4 heterocycles. The number of thiophene rings is 1. The van der Waals surface area contributed by atoms with Gasteiger partial charge in [-0.1, -0.05) is 6.92 Å². The zero-order chi connectivity index (χ0) is 17.5. The molecule has 26 heavy (non-hydrogen) atoms. The van der Waals surface area contributed by atoms with E-state index >= 15 is 0 Å². The minimum absolute atomic E-state index is 0.758. The summed E-state index contributed by atoms with van der Waals surface area (Å²) in [5.41, 5.74) is 1.56. The second-order valence-corrected chi connectivity index (χ2v) is 9.32. The van der Waals surface area contributed by atoms with Crippen molar-refractivity contribution in [1.82, 2.24) is 9.97 Å². The fraction of sp³-hybridized carbons (Fsp3) is 0.700. The quantitative estimate of drug-likeness (QED) is 0.891. The van der Waals surface area contributed by atoms with Gasteiger partial charge in [0, 0.05) is 18.0 Å². The summed E-state index contributed by atoms with van der Waals surface area (Å²) >= 11 is 1.93. The van der Waals surface area contributed by atoms with Crippen molar-refractivity contribution in [3.8, 4) is 0 Å². The molecule has 5 nitrogen and oxygen atoms in total. The lowest BCUT2D eigenvalue weighted by molar-refractivity contribution is -0.922. The van der Waals surface area contributed by atoms with E-state index < -0.39 is 0 Å². The Balaban J connectivity index is 1.55. The van der Waals surface area contributed by atoms with Crippen molar-refractivity contribution >= 4 is 27.4 Å². The first-order chi connectivity index (χ1) is 12.8. The number of hydrogen-bond donors (Lipinski definition) is 1. The molecule has 2 fully saturated rings. The maximum absolute atomic E-state index is 5.51. The Morgan fingerprint density at radius 3 is 2.92 bits per heavy atom. The van der Waals surface area contributed by atoms with Gasteiger partial charge in [-0.25, -0.2) is 9.97 Å². The summed E-state index contributed by atoms with van der Waals surface area (Å²) in [5, 5.41) is 1.39. The van der Waals surface area contributed by atoms with Crippen LogP contribution in [0.1, 0.15) is 42.5 Å². The molecule has 0 amide bonds. The molecule has 0 aromatic carbocycles. The minimum atomic E-state index is 0.758. The van der Waals surface area contributed by atoms with Crippen LogP contribution in [0.5, 0.6) is 0 Å². The number of piperidine rings is 1. The average molecular weight is 374 g/mol. The Morgan fingerprint density at radius 1 is 1.19 bits per heavy atom. The summed E-state index contributed by atoms with van der Waals surface area (Å²) in [4.78, 5) is 17.1. The molecular weight excluding hydrogens is 344 g/mol. The van der Waals surface area contributed by atoms with E-state index in [0.717, 1.165) is 57.7 Å². The Hall–Kier alpha value is -1.24. The van der Waals surface area contributed by atoms with E-state index in [1.165, 1.54) is 48.1 Å². The molecule has 0 radical (unpaired) electrons. The zero-order valence-electron chi connectivity index (χ0n) is 15.7. The fourth-order valence-corrected chi connectivity index (χ4v) is 6.04. The maximum atomic E-state index is 5.51. The summed E-state index contributed by atoms with van der Waals surface area (Å²) in [6.07, 6.45) is 6.37. The normalized spacial score (nSPS) is 24.3. The fourth-order valence-electron chi connectivity index (χ4n) is 4.77. The third kappa shape index (κ3) is 3.12. The highest BCUT2D eigenvalue weighted by Crippen LogP contribution is 2.41. The minimum Gasteiger partial charge on any atom is -0.370 e. The van der Waals surface area contributed by atoms with Crippen molar-refractivity contribution in [2.75, 3.05) is 44.3 Å². The Labute approximate surface area is 159 Å². The molecule has 5 rings (SSSR count). The van der Waals surface area contributed by atoms with E-state index in [4.69, 9.17) is 14.7 Å². The molecule has 2 aromatic rings. The van der Waals surface area contributed by atoms with Crippen LogP contribution in [0.4, 0.5) is 5.82 Å². The smallest absolute Gasteiger partial charge is 0.187 e. The lowest BCUT2D eigenvalue weighted by Gasteiger charge is -2.32. The SMILES string of the molecule is C[C@@H]1CCCN(c2nc(C[NH+]3CCOCC3)nc3sc4c(c23)CCC4)C1. The summed E-state index contributed by atoms with van der Waals surface area (Å²) < 4.78 is 5.51. The van der Waals surface area contributed by atoms with Crippen molar-refractivity contribution in [1.29, 1.82) is 0 Å². The van der Waals surface area contributed by atoms with Crippen LogP contribution in [-0.4, -0.2) is 49.4 Å². The Kier molecular flexibility index (Phi) is 4.59. The van der Waals surface area contributed by atoms with E-state index in [1.807, 2.05) is 11.3 Å². The van der Waals surface area contributed by atoms with Gasteiger partial charge in [0.15, 0.2) is 5.82 Å². The number of aryl methyl sites for hydroxylation is 2. The van der Waals surface area contributed by atoms with Crippen LogP contribution in [0.3, 0.4) is 0 Å². The van der Waals surface area contributed by atoms with Crippen molar-refractivity contribution < 1.29 is 9.64 Å². The first-order valence-corrected chi connectivity index (χ1v) is 11.1. The second-order valence-electron chi connectivity index (χ2n) is 8.23. The number of fused-ring (bicyclic) bond motifs is 3. The summed E-state index contributed by atoms with van der Waals surface area (Å²) in [5.74, 6) is 3.03. The van der Waals surface area contributed by atoms with E-state index in [1.54, 1.807) is 15.3 Å². The van der Waals surface area contributed by atoms with Crippen LogP contribution in [-0.2, 0) is 24.1 Å². The van der Waals surface area contributed by atoms with Gasteiger partial charge in [0.05, 0.1) is 18.6 Å². The van der Waals surface area contributed by atoms with Crippen molar-refractivity contribution in [3.63, 3.8) is 0 Å². The van der Waals surface area contributed by atoms with E-state index in [-0.39, 0.29) is 0 Å². The lowest BCUT2D eigenvalue weighted by Crippen LogP contribution is -3.12. The number of rotatable bonds is 3. The maximum Gasteiger partial charge on any atom is 0.187 e. The number of nitrogens with one attached hydrogen (secondary N) is 1. The largest absolute Gasteiger partial charge is 0.370 e. The molecule has 6 heteroatoms.